The maximum atomic E-state index is 14.0. The van der Waals surface area contributed by atoms with E-state index in [0.29, 0.717) is 59.0 Å². The lowest BCUT2D eigenvalue weighted by atomic mass is 9.79. The van der Waals surface area contributed by atoms with Gasteiger partial charge < -0.3 is 14.9 Å². The lowest BCUT2D eigenvalue weighted by Crippen LogP contribution is -2.49. The van der Waals surface area contributed by atoms with Gasteiger partial charge in [-0.2, -0.15) is 18.0 Å². The summed E-state index contributed by atoms with van der Waals surface area (Å²) < 4.78 is 42.0. The summed E-state index contributed by atoms with van der Waals surface area (Å²) in [6.45, 7) is 2.04. The molecule has 1 N–H and O–H groups in total. The molecule has 5 rings (SSSR count). The van der Waals surface area contributed by atoms with Gasteiger partial charge in [-0.05, 0) is 97.7 Å². The van der Waals surface area contributed by atoms with Crippen molar-refractivity contribution < 1.29 is 27.9 Å². The molecule has 1 saturated carbocycles. The van der Waals surface area contributed by atoms with Crippen molar-refractivity contribution in [2.24, 2.45) is 18.9 Å². The van der Waals surface area contributed by atoms with Crippen LogP contribution in [0.5, 0.6) is 0 Å². The summed E-state index contributed by atoms with van der Waals surface area (Å²) in [5.41, 5.74) is 0.585. The van der Waals surface area contributed by atoms with Crippen molar-refractivity contribution in [3.05, 3.63) is 63.1 Å². The summed E-state index contributed by atoms with van der Waals surface area (Å²) in [5, 5.41) is 22.4. The van der Waals surface area contributed by atoms with Gasteiger partial charge in [-0.15, -0.1) is 5.10 Å². The van der Waals surface area contributed by atoms with Crippen molar-refractivity contribution >= 4 is 46.7 Å². The third-order valence-electron chi connectivity index (χ3n) is 8.28. The third-order valence-corrected chi connectivity index (χ3v) is 8.72. The number of hydrogen-bond acceptors (Lipinski definition) is 6. The Balaban J connectivity index is 1.54. The molecule has 1 unspecified atom stereocenters. The number of anilines is 2. The molecule has 1 fully saturated rings. The fourth-order valence-electron chi connectivity index (χ4n) is 6.31. The van der Waals surface area contributed by atoms with Crippen molar-refractivity contribution in [3.8, 4) is 0 Å². The zero-order valence-corrected chi connectivity index (χ0v) is 25.1. The van der Waals surface area contributed by atoms with Crippen LogP contribution in [0.1, 0.15) is 68.2 Å². The number of halogens is 5. The van der Waals surface area contributed by atoms with Crippen LogP contribution < -0.4 is 9.80 Å². The van der Waals surface area contributed by atoms with E-state index in [1.807, 2.05) is 6.92 Å². The molecule has 0 radical (unpaired) electrons. The number of amides is 1. The number of alkyl halides is 3. The fourth-order valence-corrected chi connectivity index (χ4v) is 6.88. The first-order valence-corrected chi connectivity index (χ1v) is 14.8. The standard InChI is InChI=1S/C29H31Cl2F3N6O3/c1-16-9-25(39(28-35-37-38(2)36-28)15-18-10-21(30)14-22(31)11-18)23-13-20(29(32,33)34)7-8-24(23)40(16)27(43)19-5-3-17(4-6-19)12-26(41)42/h7-8,10-11,13-14,16-17,19,25H,3-6,9,12,15H2,1-2H3,(H,41,42)/t16-,17-,19-,25?/m1/s1. The van der Waals surface area contributed by atoms with Gasteiger partial charge in [0, 0.05) is 40.7 Å². The van der Waals surface area contributed by atoms with Gasteiger partial charge in [0.2, 0.25) is 5.91 Å². The van der Waals surface area contributed by atoms with Gasteiger partial charge in [0.05, 0.1) is 18.7 Å². The highest BCUT2D eigenvalue weighted by atomic mass is 35.5. The van der Waals surface area contributed by atoms with Gasteiger partial charge in [0.15, 0.2) is 0 Å². The summed E-state index contributed by atoms with van der Waals surface area (Å²) in [6.07, 6.45) is -1.95. The number of benzene rings is 2. The number of nitrogens with zero attached hydrogens (tertiary/aromatic N) is 6. The molecule has 2 aliphatic rings. The Morgan fingerprint density at radius 2 is 1.74 bits per heavy atom. The quantitative estimate of drug-likeness (QED) is 0.307. The van der Waals surface area contributed by atoms with Crippen LogP contribution in [0, 0.1) is 11.8 Å². The largest absolute Gasteiger partial charge is 0.481 e. The summed E-state index contributed by atoms with van der Waals surface area (Å²) in [7, 11) is 1.59. The average Bonchev–Trinajstić information content (AvgIpc) is 3.35. The zero-order valence-electron chi connectivity index (χ0n) is 23.6. The first-order valence-electron chi connectivity index (χ1n) is 14.0. The van der Waals surface area contributed by atoms with E-state index < -0.39 is 23.8 Å². The van der Waals surface area contributed by atoms with E-state index in [9.17, 15) is 22.8 Å². The monoisotopic (exact) mass is 638 g/mol. The second-order valence-electron chi connectivity index (χ2n) is 11.4. The molecule has 0 spiro atoms. The molecule has 1 aromatic heterocycles. The second-order valence-corrected chi connectivity index (χ2v) is 12.3. The minimum absolute atomic E-state index is 0.0133. The lowest BCUT2D eigenvalue weighted by molar-refractivity contribution is -0.139. The minimum Gasteiger partial charge on any atom is -0.481 e. The number of aryl methyl sites for hydroxylation is 1. The van der Waals surface area contributed by atoms with Gasteiger partial charge in [-0.25, -0.2) is 0 Å². The van der Waals surface area contributed by atoms with E-state index in [0.717, 1.165) is 12.1 Å². The van der Waals surface area contributed by atoms with Crippen LogP contribution in [0.4, 0.5) is 24.8 Å². The number of carbonyl (C=O) groups is 2. The van der Waals surface area contributed by atoms with Crippen molar-refractivity contribution in [1.82, 2.24) is 20.2 Å². The Hall–Kier alpha value is -3.38. The predicted molar refractivity (Wildman–Crippen MR) is 155 cm³/mol. The normalized spacial score (nSPS) is 22.3. The fraction of sp³-hybridized carbons (Fsp3) is 0.483. The maximum Gasteiger partial charge on any atom is 0.416 e. The highest BCUT2D eigenvalue weighted by Gasteiger charge is 2.42. The van der Waals surface area contributed by atoms with Crippen LogP contribution in [0.2, 0.25) is 10.0 Å². The van der Waals surface area contributed by atoms with Crippen LogP contribution >= 0.6 is 23.2 Å². The van der Waals surface area contributed by atoms with Crippen molar-refractivity contribution in [2.75, 3.05) is 9.80 Å². The second kappa shape index (κ2) is 12.3. The molecule has 230 valence electrons. The molecule has 0 bridgehead atoms. The van der Waals surface area contributed by atoms with Crippen LogP contribution in [0.3, 0.4) is 0 Å². The van der Waals surface area contributed by atoms with E-state index in [4.69, 9.17) is 28.3 Å². The third kappa shape index (κ3) is 6.90. The van der Waals surface area contributed by atoms with E-state index in [1.54, 1.807) is 35.0 Å². The molecule has 1 amide bonds. The lowest BCUT2D eigenvalue weighted by Gasteiger charge is -2.45. The van der Waals surface area contributed by atoms with Crippen molar-refractivity contribution in [3.63, 3.8) is 0 Å². The van der Waals surface area contributed by atoms with Crippen LogP contribution in [0.15, 0.2) is 36.4 Å². The van der Waals surface area contributed by atoms with E-state index in [1.165, 1.54) is 10.9 Å². The van der Waals surface area contributed by atoms with Crippen LogP contribution in [-0.2, 0) is 29.4 Å². The summed E-state index contributed by atoms with van der Waals surface area (Å²) >= 11 is 12.5. The number of tetrazole rings is 1. The van der Waals surface area contributed by atoms with Crippen LogP contribution in [-0.4, -0.2) is 43.2 Å². The summed E-state index contributed by atoms with van der Waals surface area (Å²) in [6, 6.07) is 7.46. The van der Waals surface area contributed by atoms with Crippen LogP contribution in [0.25, 0.3) is 0 Å². The molecule has 2 heterocycles. The molecule has 1 aliphatic heterocycles. The number of aliphatic carboxylic acids is 1. The zero-order chi connectivity index (χ0) is 31.1. The molecule has 0 saturated heterocycles. The van der Waals surface area contributed by atoms with Crippen molar-refractivity contribution in [1.29, 1.82) is 0 Å². The highest BCUT2D eigenvalue weighted by molar-refractivity contribution is 6.34. The molecule has 3 aromatic rings. The smallest absolute Gasteiger partial charge is 0.416 e. The van der Waals surface area contributed by atoms with Gasteiger partial charge in [0.25, 0.3) is 5.95 Å². The number of carboxylic acids is 1. The Bertz CT molecular complexity index is 1490. The van der Waals surface area contributed by atoms with E-state index in [2.05, 4.69) is 15.4 Å². The molecule has 9 nitrogen and oxygen atoms in total. The molecular weight excluding hydrogens is 608 g/mol. The average molecular weight is 640 g/mol. The number of aromatic nitrogens is 4. The minimum atomic E-state index is -4.60. The van der Waals surface area contributed by atoms with Gasteiger partial charge in [-0.1, -0.05) is 28.3 Å². The topological polar surface area (TPSA) is 104 Å². The van der Waals surface area contributed by atoms with E-state index >= 15 is 0 Å². The first kappa shape index (κ1) is 31.1. The number of rotatable bonds is 7. The predicted octanol–water partition coefficient (Wildman–Crippen LogP) is 6.69. The number of carboxylic acid groups (broad SMARTS) is 1. The number of hydrogen-bond donors (Lipinski definition) is 1. The molecule has 2 aromatic carbocycles. The molecule has 14 heteroatoms. The van der Waals surface area contributed by atoms with E-state index in [-0.39, 0.29) is 42.7 Å². The Labute approximate surface area is 256 Å². The summed E-state index contributed by atoms with van der Waals surface area (Å²) in [5.74, 6) is -1.14. The Morgan fingerprint density at radius 1 is 1.07 bits per heavy atom. The molecule has 1 aliphatic carbocycles. The maximum absolute atomic E-state index is 14.0. The highest BCUT2D eigenvalue weighted by Crippen LogP contribution is 2.46. The van der Waals surface area contributed by atoms with Gasteiger partial charge >= 0.3 is 12.1 Å². The van der Waals surface area contributed by atoms with Gasteiger partial charge in [-0.3, -0.25) is 9.59 Å². The molecule has 43 heavy (non-hydrogen) atoms. The first-order chi connectivity index (χ1) is 20.3. The number of carbonyl (C=O) groups excluding carboxylic acids is 1. The molecule has 2 atom stereocenters. The Kier molecular flexibility index (Phi) is 8.89. The SMILES string of the molecule is C[C@@H]1CC(N(Cc2cc(Cl)cc(Cl)c2)c2nnn(C)n2)c2cc(C(F)(F)F)ccc2N1C(=O)[C@H]1CC[C@H](CC(=O)O)CC1. The summed E-state index contributed by atoms with van der Waals surface area (Å²) in [4.78, 5) is 29.8. The Morgan fingerprint density at radius 3 is 2.33 bits per heavy atom. The van der Waals surface area contributed by atoms with Gasteiger partial charge in [0.1, 0.15) is 0 Å². The molecular formula is C29H31Cl2F3N6O3. The number of fused-ring (bicyclic) bond motifs is 1. The van der Waals surface area contributed by atoms with Crippen molar-refractivity contribution in [2.45, 2.75) is 70.3 Å².